The maximum atomic E-state index is 10.7. The lowest BCUT2D eigenvalue weighted by Gasteiger charge is -1.97. The molecule has 2 aromatic rings. The number of carboxylic acid groups (broad SMARTS) is 1. The lowest BCUT2D eigenvalue weighted by molar-refractivity contribution is 0.0663. The molecule has 2 rings (SSSR count). The fourth-order valence-electron chi connectivity index (χ4n) is 1.23. The van der Waals surface area contributed by atoms with Gasteiger partial charge in [0.25, 0.3) is 0 Å². The minimum Gasteiger partial charge on any atom is -0.475 e. The number of aromatic carboxylic acids is 1. The summed E-state index contributed by atoms with van der Waals surface area (Å²) in [6.45, 7) is 0. The molecule has 4 nitrogen and oxygen atoms in total. The summed E-state index contributed by atoms with van der Waals surface area (Å²) in [5, 5.41) is 8.81. The van der Waals surface area contributed by atoms with Crippen molar-refractivity contribution in [3.05, 3.63) is 42.6 Å². The maximum absolute atomic E-state index is 10.7. The fourth-order valence-corrected chi connectivity index (χ4v) is 1.23. The van der Waals surface area contributed by atoms with Crippen LogP contribution < -0.4 is 0 Å². The Morgan fingerprint density at radius 2 is 1.93 bits per heavy atom. The Kier molecular flexibility index (Phi) is 3.46. The van der Waals surface area contributed by atoms with Crippen LogP contribution in [-0.4, -0.2) is 16.1 Å². The van der Waals surface area contributed by atoms with Crippen LogP contribution in [-0.2, 0) is 0 Å². The van der Waals surface area contributed by atoms with Gasteiger partial charge in [-0.25, -0.2) is 4.79 Å². The Balaban J connectivity index is 0.00000112. The second-order valence-corrected chi connectivity index (χ2v) is 2.70. The number of rotatable bonds is 2. The van der Waals surface area contributed by atoms with E-state index in [2.05, 4.69) is 4.98 Å². The third kappa shape index (κ3) is 2.16. The van der Waals surface area contributed by atoms with E-state index in [1.807, 2.05) is 0 Å². The molecule has 0 radical (unpaired) electrons. The molecular formula is C10H8ClNO3. The molecule has 15 heavy (non-hydrogen) atoms. The Hall–Kier alpha value is -1.81. The highest BCUT2D eigenvalue weighted by Gasteiger charge is 2.14. The van der Waals surface area contributed by atoms with Crippen LogP contribution >= 0.6 is 12.4 Å². The zero-order chi connectivity index (χ0) is 9.97. The van der Waals surface area contributed by atoms with Crippen LogP contribution in [0.25, 0.3) is 11.1 Å². The highest BCUT2D eigenvalue weighted by molar-refractivity contribution is 5.92. The van der Waals surface area contributed by atoms with E-state index in [9.17, 15) is 4.79 Å². The average Bonchev–Trinajstić information content (AvgIpc) is 2.67. The second-order valence-electron chi connectivity index (χ2n) is 2.70. The van der Waals surface area contributed by atoms with Crippen molar-refractivity contribution >= 4 is 18.4 Å². The standard InChI is InChI=1S/C10H7NO3.ClH/c12-10(13)9-8(3-6-14-9)7-1-4-11-5-2-7;/h1-6H,(H,12,13);1H. The van der Waals surface area contributed by atoms with Gasteiger partial charge in [-0.15, -0.1) is 12.4 Å². The topological polar surface area (TPSA) is 63.3 Å². The van der Waals surface area contributed by atoms with E-state index in [1.54, 1.807) is 30.6 Å². The van der Waals surface area contributed by atoms with Crippen LogP contribution in [0.1, 0.15) is 10.6 Å². The van der Waals surface area contributed by atoms with Crippen molar-refractivity contribution in [2.24, 2.45) is 0 Å². The van der Waals surface area contributed by atoms with Crippen molar-refractivity contribution in [2.75, 3.05) is 0 Å². The predicted octanol–water partition coefficient (Wildman–Crippen LogP) is 2.46. The van der Waals surface area contributed by atoms with Crippen LogP contribution in [0, 0.1) is 0 Å². The molecular weight excluding hydrogens is 218 g/mol. The maximum Gasteiger partial charge on any atom is 0.372 e. The van der Waals surface area contributed by atoms with Crippen LogP contribution in [0.2, 0.25) is 0 Å². The molecule has 0 aliphatic rings. The predicted molar refractivity (Wildman–Crippen MR) is 56.1 cm³/mol. The fraction of sp³-hybridized carbons (Fsp3) is 0. The zero-order valence-corrected chi connectivity index (χ0v) is 8.40. The molecule has 0 atom stereocenters. The molecule has 0 fully saturated rings. The number of furan rings is 1. The first-order valence-electron chi connectivity index (χ1n) is 4.00. The minimum absolute atomic E-state index is 0. The smallest absolute Gasteiger partial charge is 0.372 e. The quantitative estimate of drug-likeness (QED) is 0.853. The normalized spacial score (nSPS) is 9.33. The van der Waals surface area contributed by atoms with E-state index >= 15 is 0 Å². The largest absolute Gasteiger partial charge is 0.475 e. The van der Waals surface area contributed by atoms with Gasteiger partial charge in [-0.1, -0.05) is 0 Å². The molecule has 0 saturated carbocycles. The van der Waals surface area contributed by atoms with E-state index < -0.39 is 5.97 Å². The van der Waals surface area contributed by atoms with Crippen LogP contribution in [0.3, 0.4) is 0 Å². The Bertz CT molecular complexity index is 453. The van der Waals surface area contributed by atoms with Gasteiger partial charge < -0.3 is 9.52 Å². The van der Waals surface area contributed by atoms with Gasteiger partial charge >= 0.3 is 5.97 Å². The molecule has 2 aromatic heterocycles. The van der Waals surface area contributed by atoms with Crippen molar-refractivity contribution in [2.45, 2.75) is 0 Å². The van der Waals surface area contributed by atoms with Crippen molar-refractivity contribution in [1.29, 1.82) is 0 Å². The van der Waals surface area contributed by atoms with Gasteiger partial charge in [0.15, 0.2) is 0 Å². The van der Waals surface area contributed by atoms with E-state index in [4.69, 9.17) is 9.52 Å². The summed E-state index contributed by atoms with van der Waals surface area (Å²) in [5.74, 6) is -1.11. The molecule has 0 aromatic carbocycles. The van der Waals surface area contributed by atoms with Crippen LogP contribution in [0.5, 0.6) is 0 Å². The summed E-state index contributed by atoms with van der Waals surface area (Å²) in [6.07, 6.45) is 4.57. The molecule has 5 heteroatoms. The Morgan fingerprint density at radius 3 is 2.53 bits per heavy atom. The summed E-state index contributed by atoms with van der Waals surface area (Å²) in [4.78, 5) is 14.6. The summed E-state index contributed by atoms with van der Waals surface area (Å²) in [7, 11) is 0. The van der Waals surface area contributed by atoms with Gasteiger partial charge in [0.2, 0.25) is 5.76 Å². The number of pyridine rings is 1. The number of carbonyl (C=O) groups is 1. The number of nitrogens with zero attached hydrogens (tertiary/aromatic N) is 1. The number of hydrogen-bond acceptors (Lipinski definition) is 3. The zero-order valence-electron chi connectivity index (χ0n) is 7.58. The van der Waals surface area contributed by atoms with E-state index in [0.29, 0.717) is 5.56 Å². The Labute approximate surface area is 92.0 Å². The van der Waals surface area contributed by atoms with Crippen molar-refractivity contribution in [1.82, 2.24) is 4.98 Å². The van der Waals surface area contributed by atoms with Gasteiger partial charge in [0.05, 0.1) is 6.26 Å². The molecule has 78 valence electrons. The lowest BCUT2D eigenvalue weighted by Crippen LogP contribution is -1.95. The monoisotopic (exact) mass is 225 g/mol. The van der Waals surface area contributed by atoms with Gasteiger partial charge in [-0.3, -0.25) is 4.98 Å². The Morgan fingerprint density at radius 1 is 1.27 bits per heavy atom. The first kappa shape index (κ1) is 11.3. The summed E-state index contributed by atoms with van der Waals surface area (Å²) in [6, 6.07) is 5.09. The molecule has 1 N–H and O–H groups in total. The third-order valence-electron chi connectivity index (χ3n) is 1.85. The third-order valence-corrected chi connectivity index (χ3v) is 1.85. The molecule has 0 bridgehead atoms. The molecule has 0 aliphatic carbocycles. The van der Waals surface area contributed by atoms with Crippen molar-refractivity contribution in [3.8, 4) is 11.1 Å². The second kappa shape index (κ2) is 4.61. The van der Waals surface area contributed by atoms with Crippen molar-refractivity contribution < 1.29 is 14.3 Å². The van der Waals surface area contributed by atoms with Crippen molar-refractivity contribution in [3.63, 3.8) is 0 Å². The molecule has 0 spiro atoms. The molecule has 0 unspecified atom stereocenters. The summed E-state index contributed by atoms with van der Waals surface area (Å²) >= 11 is 0. The van der Waals surface area contributed by atoms with Gasteiger partial charge in [0, 0.05) is 18.0 Å². The first-order chi connectivity index (χ1) is 6.79. The highest BCUT2D eigenvalue weighted by atomic mass is 35.5. The first-order valence-corrected chi connectivity index (χ1v) is 4.00. The SMILES string of the molecule is Cl.O=C(O)c1occc1-c1ccncc1. The van der Waals surface area contributed by atoms with Gasteiger partial charge in [-0.2, -0.15) is 0 Å². The van der Waals surface area contributed by atoms with Gasteiger partial charge in [-0.05, 0) is 23.8 Å². The summed E-state index contributed by atoms with van der Waals surface area (Å²) < 4.78 is 4.86. The minimum atomic E-state index is -1.07. The number of carboxylic acids is 1. The van der Waals surface area contributed by atoms with E-state index in [1.165, 1.54) is 6.26 Å². The number of aromatic nitrogens is 1. The van der Waals surface area contributed by atoms with Gasteiger partial charge in [0.1, 0.15) is 0 Å². The molecule has 0 saturated heterocycles. The van der Waals surface area contributed by atoms with Crippen LogP contribution in [0.4, 0.5) is 0 Å². The molecule has 0 amide bonds. The van der Waals surface area contributed by atoms with E-state index in [0.717, 1.165) is 5.56 Å². The molecule has 0 aliphatic heterocycles. The van der Waals surface area contributed by atoms with E-state index in [-0.39, 0.29) is 18.2 Å². The lowest BCUT2D eigenvalue weighted by atomic mass is 10.1. The van der Waals surface area contributed by atoms with Crippen LogP contribution in [0.15, 0.2) is 41.3 Å². The number of hydrogen-bond donors (Lipinski definition) is 1. The summed E-state index contributed by atoms with van der Waals surface area (Å²) in [5.41, 5.74) is 1.35. The number of halogens is 1. The highest BCUT2D eigenvalue weighted by Crippen LogP contribution is 2.23. The average molecular weight is 226 g/mol. The molecule has 2 heterocycles.